The number of hydrogen-bond acceptors (Lipinski definition) is 2. The second-order valence-corrected chi connectivity index (χ2v) is 18.1. The fourth-order valence-electron chi connectivity index (χ4n) is 10.1. The summed E-state index contributed by atoms with van der Waals surface area (Å²) in [6.45, 7) is 0.178. The van der Waals surface area contributed by atoms with Crippen LogP contribution in [0.3, 0.4) is 0 Å². The summed E-state index contributed by atoms with van der Waals surface area (Å²) in [6.07, 6.45) is 0. The van der Waals surface area contributed by atoms with Crippen LogP contribution in [0.5, 0.6) is 0 Å². The summed E-state index contributed by atoms with van der Waals surface area (Å²) in [5.74, 6) is 0. The summed E-state index contributed by atoms with van der Waals surface area (Å²) in [5.41, 5.74) is 15.4. The molecule has 0 radical (unpaired) electrons. The summed E-state index contributed by atoms with van der Waals surface area (Å²) in [7, 11) is 0. The third kappa shape index (κ3) is 5.11. The van der Waals surface area contributed by atoms with Crippen LogP contribution < -0.4 is 16.4 Å². The molecule has 0 fully saturated rings. The van der Waals surface area contributed by atoms with E-state index in [4.69, 9.17) is 0 Å². The first kappa shape index (κ1) is 34.2. The SMILES string of the molecule is c1ccc(-c2c3ccccc3c(-c3cccc(-c4cc5c6c(c4)Sc4cc(-n7c8ccccc8c8ccccc87)ccc4B6c4ccccc4S5)c3)c3ccccc23)cc1. The molecule has 10 aromatic carbocycles. The highest BCUT2D eigenvalue weighted by Crippen LogP contribution is 2.46. The molecule has 0 N–H and O–H groups in total. The van der Waals surface area contributed by atoms with Crippen molar-refractivity contribution in [3.63, 3.8) is 0 Å². The van der Waals surface area contributed by atoms with Gasteiger partial charge in [0.2, 0.25) is 6.71 Å². The minimum Gasteiger partial charge on any atom is -0.309 e. The average Bonchev–Trinajstić information content (AvgIpc) is 3.65. The lowest BCUT2D eigenvalue weighted by Gasteiger charge is -2.33. The predicted molar refractivity (Wildman–Crippen MR) is 258 cm³/mol. The monoisotopic (exact) mass is 795 g/mol. The van der Waals surface area contributed by atoms with Gasteiger partial charge in [0, 0.05) is 36.0 Å². The molecule has 0 atom stereocenters. The summed E-state index contributed by atoms with van der Waals surface area (Å²) in [5, 5.41) is 7.66. The highest BCUT2D eigenvalue weighted by atomic mass is 32.2. The fraction of sp³-hybridized carbons (Fsp3) is 0. The first-order chi connectivity index (χ1) is 29.8. The Balaban J connectivity index is 0.985. The topological polar surface area (TPSA) is 4.93 Å². The number of benzene rings is 10. The molecule has 1 aromatic heterocycles. The molecule has 2 aliphatic rings. The van der Waals surface area contributed by atoms with Crippen LogP contribution in [-0.4, -0.2) is 11.3 Å². The normalized spacial score (nSPS) is 12.8. The number of rotatable bonds is 4. The molecule has 278 valence electrons. The van der Waals surface area contributed by atoms with E-state index in [1.165, 1.54) is 118 Å². The van der Waals surface area contributed by atoms with Crippen molar-refractivity contribution in [2.75, 3.05) is 0 Å². The minimum absolute atomic E-state index is 0.178. The first-order valence-corrected chi connectivity index (χ1v) is 22.2. The Bertz CT molecular complexity index is 3460. The van der Waals surface area contributed by atoms with E-state index in [-0.39, 0.29) is 6.71 Å². The first-order valence-electron chi connectivity index (χ1n) is 20.6. The predicted octanol–water partition coefficient (Wildman–Crippen LogP) is 13.5. The smallest absolute Gasteiger partial charge is 0.247 e. The van der Waals surface area contributed by atoms with E-state index < -0.39 is 0 Å². The molecular weight excluding hydrogens is 762 g/mol. The van der Waals surface area contributed by atoms with Gasteiger partial charge in [-0.25, -0.2) is 0 Å². The molecule has 0 saturated carbocycles. The average molecular weight is 796 g/mol. The van der Waals surface area contributed by atoms with E-state index in [0.717, 1.165) is 0 Å². The van der Waals surface area contributed by atoms with Crippen molar-refractivity contribution < 1.29 is 0 Å². The molecule has 0 unspecified atom stereocenters. The molecular formula is C56H34BNS2. The van der Waals surface area contributed by atoms with Crippen LogP contribution in [-0.2, 0) is 0 Å². The van der Waals surface area contributed by atoms with Crippen molar-refractivity contribution in [1.82, 2.24) is 4.57 Å². The van der Waals surface area contributed by atoms with Crippen LogP contribution in [0.15, 0.2) is 226 Å². The van der Waals surface area contributed by atoms with Gasteiger partial charge in [-0.2, -0.15) is 0 Å². The van der Waals surface area contributed by atoms with Gasteiger partial charge in [-0.1, -0.05) is 192 Å². The largest absolute Gasteiger partial charge is 0.309 e. The Morgan fingerprint density at radius 3 is 1.48 bits per heavy atom. The van der Waals surface area contributed by atoms with Crippen LogP contribution in [0, 0.1) is 0 Å². The molecule has 2 aliphatic heterocycles. The Morgan fingerprint density at radius 1 is 0.317 bits per heavy atom. The van der Waals surface area contributed by atoms with Gasteiger partial charge in [-0.3, -0.25) is 0 Å². The third-order valence-corrected chi connectivity index (χ3v) is 15.0. The zero-order valence-corrected chi connectivity index (χ0v) is 34.1. The van der Waals surface area contributed by atoms with Gasteiger partial charge < -0.3 is 4.57 Å². The molecule has 13 rings (SSSR count). The second kappa shape index (κ2) is 13.4. The molecule has 4 heteroatoms. The summed E-state index contributed by atoms with van der Waals surface area (Å²) >= 11 is 3.86. The van der Waals surface area contributed by atoms with E-state index in [1.54, 1.807) is 0 Å². The maximum Gasteiger partial charge on any atom is 0.247 e. The number of nitrogens with zero attached hydrogens (tertiary/aromatic N) is 1. The Hall–Kier alpha value is -6.72. The van der Waals surface area contributed by atoms with Crippen LogP contribution in [0.25, 0.3) is 82.4 Å². The second-order valence-electron chi connectivity index (χ2n) is 15.9. The molecule has 1 nitrogen and oxygen atoms in total. The number of aromatic nitrogens is 1. The van der Waals surface area contributed by atoms with Crippen LogP contribution in [0.1, 0.15) is 0 Å². The minimum atomic E-state index is 0.178. The molecule has 11 aromatic rings. The van der Waals surface area contributed by atoms with Gasteiger partial charge in [-0.05, 0) is 109 Å². The van der Waals surface area contributed by atoms with Crippen molar-refractivity contribution in [2.45, 2.75) is 19.6 Å². The zero-order valence-electron chi connectivity index (χ0n) is 32.5. The van der Waals surface area contributed by atoms with E-state index in [2.05, 4.69) is 211 Å². The zero-order chi connectivity index (χ0) is 39.3. The maximum atomic E-state index is 2.47. The number of fused-ring (bicyclic) bond motifs is 9. The van der Waals surface area contributed by atoms with Gasteiger partial charge in [0.05, 0.1) is 11.0 Å². The van der Waals surface area contributed by atoms with Crippen molar-refractivity contribution in [3.8, 4) is 39.1 Å². The molecule has 3 heterocycles. The summed E-state index contributed by atoms with van der Waals surface area (Å²) in [6, 6.07) is 76.7. The lowest BCUT2D eigenvalue weighted by molar-refractivity contribution is 1.16. The highest BCUT2D eigenvalue weighted by Gasteiger charge is 2.38. The van der Waals surface area contributed by atoms with E-state index in [1.807, 2.05) is 23.5 Å². The van der Waals surface area contributed by atoms with Crippen molar-refractivity contribution in [3.05, 3.63) is 206 Å². The van der Waals surface area contributed by atoms with Crippen molar-refractivity contribution in [2.24, 2.45) is 0 Å². The van der Waals surface area contributed by atoms with E-state index in [9.17, 15) is 0 Å². The van der Waals surface area contributed by atoms with Crippen molar-refractivity contribution >= 4 is 90.0 Å². The molecule has 0 amide bonds. The van der Waals surface area contributed by atoms with E-state index >= 15 is 0 Å². The lowest BCUT2D eigenvalue weighted by atomic mass is 9.36. The van der Waals surface area contributed by atoms with Gasteiger partial charge in [-0.15, -0.1) is 0 Å². The molecule has 60 heavy (non-hydrogen) atoms. The highest BCUT2D eigenvalue weighted by molar-refractivity contribution is 8.01. The van der Waals surface area contributed by atoms with Crippen molar-refractivity contribution in [1.29, 1.82) is 0 Å². The lowest BCUT2D eigenvalue weighted by Crippen LogP contribution is -2.58. The molecule has 0 saturated heterocycles. The van der Waals surface area contributed by atoms with Gasteiger partial charge in [0.1, 0.15) is 0 Å². The Morgan fingerprint density at radius 2 is 0.817 bits per heavy atom. The number of hydrogen-bond donors (Lipinski definition) is 0. The standard InChI is InChI=1S/C56H34BNS2/c1-2-15-35(16-3-1)54-42-21-4-6-23-44(42)55(45-24-7-5-22-43(45)54)37-18-14-17-36(31-37)38-32-52-56-53(33-38)60-51-34-39(29-30-47(51)57(56)46-25-10-13-28-50(46)59-52)58-48-26-11-8-19-40(48)41-20-9-12-27-49(41)58/h1-34H. The Labute approximate surface area is 357 Å². The van der Waals surface area contributed by atoms with Crippen LogP contribution in [0.2, 0.25) is 0 Å². The maximum absolute atomic E-state index is 2.47. The quantitative estimate of drug-likeness (QED) is 0.129. The van der Waals surface area contributed by atoms with Gasteiger partial charge in [0.15, 0.2) is 0 Å². The Kier molecular flexibility index (Phi) is 7.64. The van der Waals surface area contributed by atoms with Gasteiger partial charge >= 0.3 is 0 Å². The number of para-hydroxylation sites is 2. The third-order valence-electron chi connectivity index (χ3n) is 12.7. The summed E-state index contributed by atoms with van der Waals surface area (Å²) < 4.78 is 2.44. The molecule has 0 aliphatic carbocycles. The summed E-state index contributed by atoms with van der Waals surface area (Å²) in [4.78, 5) is 5.36. The van der Waals surface area contributed by atoms with Gasteiger partial charge in [0.25, 0.3) is 0 Å². The fourth-order valence-corrected chi connectivity index (χ4v) is 12.7. The van der Waals surface area contributed by atoms with Crippen LogP contribution >= 0.6 is 23.5 Å². The molecule has 0 bridgehead atoms. The van der Waals surface area contributed by atoms with E-state index in [0.29, 0.717) is 0 Å². The van der Waals surface area contributed by atoms with Crippen LogP contribution in [0.4, 0.5) is 0 Å². The molecule has 0 spiro atoms.